The van der Waals surface area contributed by atoms with Crippen molar-refractivity contribution < 1.29 is 4.79 Å². The van der Waals surface area contributed by atoms with Crippen LogP contribution >= 0.6 is 24.8 Å². The van der Waals surface area contributed by atoms with E-state index < -0.39 is 0 Å². The van der Waals surface area contributed by atoms with E-state index in [0.29, 0.717) is 6.04 Å². The highest BCUT2D eigenvalue weighted by molar-refractivity contribution is 5.85. The van der Waals surface area contributed by atoms with Crippen LogP contribution < -0.4 is 15.5 Å². The first kappa shape index (κ1) is 19.0. The van der Waals surface area contributed by atoms with Crippen molar-refractivity contribution in [2.75, 3.05) is 24.5 Å². The normalized spacial score (nSPS) is 21.6. The largest absolute Gasteiger partial charge is 0.356 e. The Morgan fingerprint density at radius 1 is 1.23 bits per heavy atom. The lowest BCUT2D eigenvalue weighted by Gasteiger charge is -2.33. The first-order chi connectivity index (χ1) is 9.83. The fourth-order valence-corrected chi connectivity index (χ4v) is 3.00. The minimum atomic E-state index is 0. The number of pyridine rings is 1. The molecule has 2 saturated heterocycles. The molecule has 2 N–H and O–H groups in total. The molecule has 2 aliphatic heterocycles. The summed E-state index contributed by atoms with van der Waals surface area (Å²) in [5, 5.41) is 6.43. The molecule has 0 unspecified atom stereocenters. The van der Waals surface area contributed by atoms with Crippen molar-refractivity contribution in [1.82, 2.24) is 15.6 Å². The molecule has 3 heterocycles. The molecule has 0 spiro atoms. The number of nitrogens with zero attached hydrogens (tertiary/aromatic N) is 2. The van der Waals surface area contributed by atoms with Gasteiger partial charge in [0.1, 0.15) is 5.82 Å². The summed E-state index contributed by atoms with van der Waals surface area (Å²) in [5.74, 6) is 1.22. The minimum Gasteiger partial charge on any atom is -0.356 e. The van der Waals surface area contributed by atoms with Gasteiger partial charge in [0.2, 0.25) is 5.91 Å². The highest BCUT2D eigenvalue weighted by Crippen LogP contribution is 2.17. The Bertz CT molecular complexity index is 446. The molecular formula is C15H24Cl2N4O. The first-order valence-electron chi connectivity index (χ1n) is 7.52. The molecular weight excluding hydrogens is 323 g/mol. The van der Waals surface area contributed by atoms with E-state index in [1.54, 1.807) is 0 Å². The highest BCUT2D eigenvalue weighted by atomic mass is 35.5. The summed E-state index contributed by atoms with van der Waals surface area (Å²) in [6.07, 6.45) is 5.90. The lowest BCUT2D eigenvalue weighted by Crippen LogP contribution is -2.49. The minimum absolute atomic E-state index is 0. The predicted molar refractivity (Wildman–Crippen MR) is 93.1 cm³/mol. The summed E-state index contributed by atoms with van der Waals surface area (Å²) in [6, 6.07) is 6.34. The zero-order valence-electron chi connectivity index (χ0n) is 12.5. The van der Waals surface area contributed by atoms with E-state index >= 15 is 0 Å². The van der Waals surface area contributed by atoms with E-state index in [1.165, 1.54) is 0 Å². The molecule has 0 bridgehead atoms. The summed E-state index contributed by atoms with van der Waals surface area (Å²) in [7, 11) is 0. The molecule has 0 radical (unpaired) electrons. The molecule has 5 nitrogen and oxygen atoms in total. The van der Waals surface area contributed by atoms with Gasteiger partial charge in [-0.05, 0) is 44.4 Å². The Kier molecular flexibility index (Phi) is 7.93. The second-order valence-electron chi connectivity index (χ2n) is 5.61. The van der Waals surface area contributed by atoms with Gasteiger partial charge in [0.05, 0.1) is 6.04 Å². The third-order valence-corrected chi connectivity index (χ3v) is 4.19. The number of carbonyl (C=O) groups is 1. The maximum absolute atomic E-state index is 12.1. The van der Waals surface area contributed by atoms with Gasteiger partial charge in [0.25, 0.3) is 0 Å². The molecule has 1 aromatic heterocycles. The summed E-state index contributed by atoms with van der Waals surface area (Å²) in [6.45, 7) is 2.89. The SMILES string of the molecule is Cl.Cl.O=C(NC1CCN(c2ccccn2)CC1)[C@@H]1CCCN1. The molecule has 0 saturated carbocycles. The molecule has 0 aliphatic carbocycles. The Balaban J connectivity index is 0.00000121. The van der Waals surface area contributed by atoms with E-state index in [1.807, 2.05) is 24.4 Å². The van der Waals surface area contributed by atoms with E-state index in [9.17, 15) is 4.79 Å². The van der Waals surface area contributed by atoms with Crippen molar-refractivity contribution in [2.45, 2.75) is 37.8 Å². The third-order valence-electron chi connectivity index (χ3n) is 4.19. The molecule has 0 aromatic carbocycles. The Hall–Kier alpha value is -1.04. The van der Waals surface area contributed by atoms with E-state index in [0.717, 1.165) is 51.1 Å². The zero-order chi connectivity index (χ0) is 13.8. The van der Waals surface area contributed by atoms with Gasteiger partial charge in [-0.25, -0.2) is 4.98 Å². The first-order valence-corrected chi connectivity index (χ1v) is 7.52. The maximum Gasteiger partial charge on any atom is 0.237 e. The third kappa shape index (κ3) is 4.73. The van der Waals surface area contributed by atoms with Crippen LogP contribution in [-0.2, 0) is 4.79 Å². The number of anilines is 1. The van der Waals surface area contributed by atoms with Gasteiger partial charge >= 0.3 is 0 Å². The number of nitrogens with one attached hydrogen (secondary N) is 2. The van der Waals surface area contributed by atoms with Gasteiger partial charge in [-0.2, -0.15) is 0 Å². The monoisotopic (exact) mass is 346 g/mol. The number of halogens is 2. The van der Waals surface area contributed by atoms with Crippen LogP contribution in [0.3, 0.4) is 0 Å². The van der Waals surface area contributed by atoms with E-state index in [4.69, 9.17) is 0 Å². The molecule has 22 heavy (non-hydrogen) atoms. The fourth-order valence-electron chi connectivity index (χ4n) is 3.00. The summed E-state index contributed by atoms with van der Waals surface area (Å²) in [5.41, 5.74) is 0. The van der Waals surface area contributed by atoms with Gasteiger partial charge in [-0.15, -0.1) is 24.8 Å². The number of hydrogen-bond donors (Lipinski definition) is 2. The molecule has 1 amide bonds. The molecule has 2 aliphatic rings. The number of piperidine rings is 1. The van der Waals surface area contributed by atoms with Crippen LogP contribution in [0.15, 0.2) is 24.4 Å². The Morgan fingerprint density at radius 3 is 2.59 bits per heavy atom. The number of hydrogen-bond acceptors (Lipinski definition) is 4. The molecule has 7 heteroatoms. The van der Waals surface area contributed by atoms with Crippen LogP contribution in [0.25, 0.3) is 0 Å². The molecule has 1 atom stereocenters. The highest BCUT2D eigenvalue weighted by Gasteiger charge is 2.26. The number of carbonyl (C=O) groups excluding carboxylic acids is 1. The lowest BCUT2D eigenvalue weighted by molar-refractivity contribution is -0.123. The van der Waals surface area contributed by atoms with Crippen molar-refractivity contribution in [3.63, 3.8) is 0 Å². The molecule has 124 valence electrons. The predicted octanol–water partition coefficient (Wildman–Crippen LogP) is 1.76. The van der Waals surface area contributed by atoms with Crippen molar-refractivity contribution in [3.8, 4) is 0 Å². The van der Waals surface area contributed by atoms with Gasteiger partial charge in [-0.3, -0.25) is 4.79 Å². The van der Waals surface area contributed by atoms with Crippen molar-refractivity contribution >= 4 is 36.5 Å². The Labute approximate surface area is 144 Å². The molecule has 1 aromatic rings. The number of aromatic nitrogens is 1. The fraction of sp³-hybridized carbons (Fsp3) is 0.600. The summed E-state index contributed by atoms with van der Waals surface area (Å²) >= 11 is 0. The van der Waals surface area contributed by atoms with Crippen LogP contribution in [0, 0.1) is 0 Å². The van der Waals surface area contributed by atoms with Gasteiger partial charge in [0.15, 0.2) is 0 Å². The van der Waals surface area contributed by atoms with Crippen molar-refractivity contribution in [1.29, 1.82) is 0 Å². The zero-order valence-corrected chi connectivity index (χ0v) is 14.2. The van der Waals surface area contributed by atoms with Crippen LogP contribution in [0.1, 0.15) is 25.7 Å². The maximum atomic E-state index is 12.1. The van der Waals surface area contributed by atoms with Crippen LogP contribution in [-0.4, -0.2) is 42.6 Å². The van der Waals surface area contributed by atoms with Gasteiger partial charge in [0, 0.05) is 25.3 Å². The molecule has 3 rings (SSSR count). The standard InChI is InChI=1S/C15H22N4O.2ClH/c20-15(13-4-3-9-16-13)18-12-6-10-19(11-7-12)14-5-1-2-8-17-14;;/h1-2,5,8,12-13,16H,3-4,6-7,9-11H2,(H,18,20);2*1H/t13-;;/m0../s1. The van der Waals surface area contributed by atoms with E-state index in [-0.39, 0.29) is 36.8 Å². The van der Waals surface area contributed by atoms with Crippen molar-refractivity contribution in [3.05, 3.63) is 24.4 Å². The second-order valence-corrected chi connectivity index (χ2v) is 5.61. The quantitative estimate of drug-likeness (QED) is 0.875. The lowest BCUT2D eigenvalue weighted by atomic mass is 10.0. The molecule has 2 fully saturated rings. The average molecular weight is 347 g/mol. The van der Waals surface area contributed by atoms with Gasteiger partial charge in [-0.1, -0.05) is 6.07 Å². The topological polar surface area (TPSA) is 57.3 Å². The van der Waals surface area contributed by atoms with E-state index in [2.05, 4.69) is 20.5 Å². The summed E-state index contributed by atoms with van der Waals surface area (Å²) in [4.78, 5) is 18.7. The van der Waals surface area contributed by atoms with Crippen LogP contribution in [0.5, 0.6) is 0 Å². The Morgan fingerprint density at radius 2 is 2.00 bits per heavy atom. The average Bonchev–Trinajstić information content (AvgIpc) is 3.03. The second kappa shape index (κ2) is 9.18. The number of amides is 1. The number of rotatable bonds is 3. The smallest absolute Gasteiger partial charge is 0.237 e. The van der Waals surface area contributed by atoms with Crippen LogP contribution in [0.2, 0.25) is 0 Å². The van der Waals surface area contributed by atoms with Gasteiger partial charge < -0.3 is 15.5 Å². The van der Waals surface area contributed by atoms with Crippen molar-refractivity contribution in [2.24, 2.45) is 0 Å². The van der Waals surface area contributed by atoms with Crippen LogP contribution in [0.4, 0.5) is 5.82 Å². The summed E-state index contributed by atoms with van der Waals surface area (Å²) < 4.78 is 0.